The number of esters is 1. The summed E-state index contributed by atoms with van der Waals surface area (Å²) in [5.41, 5.74) is 0.749. The molecular formula is C21H24N2O7. The summed E-state index contributed by atoms with van der Waals surface area (Å²) >= 11 is 0. The van der Waals surface area contributed by atoms with E-state index in [1.165, 1.54) is 40.5 Å². The predicted molar refractivity (Wildman–Crippen MR) is 109 cm³/mol. The second-order valence-electron chi connectivity index (χ2n) is 6.18. The van der Waals surface area contributed by atoms with Crippen LogP contribution in [0, 0.1) is 0 Å². The Bertz CT molecular complexity index is 914. The lowest BCUT2D eigenvalue weighted by Gasteiger charge is -2.17. The number of methoxy groups -OCH3 is 3. The summed E-state index contributed by atoms with van der Waals surface area (Å²) in [5.74, 6) is -0.190. The van der Waals surface area contributed by atoms with Crippen LogP contribution < -0.4 is 19.5 Å². The van der Waals surface area contributed by atoms with Crippen LogP contribution in [0.1, 0.15) is 10.4 Å². The molecule has 0 aliphatic rings. The van der Waals surface area contributed by atoms with Crippen LogP contribution in [0.2, 0.25) is 0 Å². The minimum atomic E-state index is -0.696. The zero-order valence-corrected chi connectivity index (χ0v) is 17.3. The van der Waals surface area contributed by atoms with Crippen molar-refractivity contribution in [3.63, 3.8) is 0 Å². The Balaban J connectivity index is 1.86. The monoisotopic (exact) mass is 416 g/mol. The molecule has 0 radical (unpaired) electrons. The van der Waals surface area contributed by atoms with Gasteiger partial charge in [0.2, 0.25) is 5.91 Å². The molecule has 0 heterocycles. The van der Waals surface area contributed by atoms with Crippen LogP contribution in [0.5, 0.6) is 17.2 Å². The molecular weight excluding hydrogens is 392 g/mol. The van der Waals surface area contributed by atoms with Crippen molar-refractivity contribution in [2.45, 2.75) is 0 Å². The lowest BCUT2D eigenvalue weighted by Crippen LogP contribution is -2.37. The minimum Gasteiger partial charge on any atom is -0.497 e. The molecule has 0 aromatic heterocycles. The topological polar surface area (TPSA) is 103 Å². The fourth-order valence-corrected chi connectivity index (χ4v) is 2.49. The Morgan fingerprint density at radius 3 is 2.33 bits per heavy atom. The van der Waals surface area contributed by atoms with Crippen LogP contribution in [0.25, 0.3) is 0 Å². The number of nitrogens with one attached hydrogen (secondary N) is 1. The van der Waals surface area contributed by atoms with Gasteiger partial charge >= 0.3 is 5.97 Å². The van der Waals surface area contributed by atoms with Gasteiger partial charge in [0, 0.05) is 18.8 Å². The van der Waals surface area contributed by atoms with E-state index in [0.717, 1.165) is 4.90 Å². The van der Waals surface area contributed by atoms with Gasteiger partial charge in [0.05, 0.1) is 33.4 Å². The molecule has 0 bridgehead atoms. The third kappa shape index (κ3) is 6.13. The maximum atomic E-state index is 12.2. The first kappa shape index (κ1) is 22.5. The van der Waals surface area contributed by atoms with Crippen molar-refractivity contribution in [3.8, 4) is 17.2 Å². The van der Waals surface area contributed by atoms with E-state index >= 15 is 0 Å². The highest BCUT2D eigenvalue weighted by molar-refractivity contribution is 5.95. The van der Waals surface area contributed by atoms with E-state index in [2.05, 4.69) is 5.32 Å². The molecule has 0 aliphatic carbocycles. The van der Waals surface area contributed by atoms with Crippen molar-refractivity contribution < 1.29 is 33.3 Å². The summed E-state index contributed by atoms with van der Waals surface area (Å²) in [4.78, 5) is 37.7. The highest BCUT2D eigenvalue weighted by Crippen LogP contribution is 2.27. The van der Waals surface area contributed by atoms with Crippen LogP contribution in [0.4, 0.5) is 5.69 Å². The van der Waals surface area contributed by atoms with Gasteiger partial charge in [-0.2, -0.15) is 0 Å². The van der Waals surface area contributed by atoms with Gasteiger partial charge in [-0.1, -0.05) is 6.07 Å². The fourth-order valence-electron chi connectivity index (χ4n) is 2.49. The number of likely N-dealkylation sites (N-methyl/N-ethyl adjacent to an activating group) is 1. The Kier molecular flexibility index (Phi) is 8.04. The number of rotatable bonds is 9. The normalized spacial score (nSPS) is 10.0. The van der Waals surface area contributed by atoms with E-state index in [1.807, 2.05) is 0 Å². The maximum absolute atomic E-state index is 12.2. The van der Waals surface area contributed by atoms with E-state index in [4.69, 9.17) is 18.9 Å². The summed E-state index contributed by atoms with van der Waals surface area (Å²) in [6.45, 7) is -0.708. The van der Waals surface area contributed by atoms with Crippen molar-refractivity contribution in [2.75, 3.05) is 46.8 Å². The average Bonchev–Trinajstić information content (AvgIpc) is 2.76. The number of hydrogen-bond donors (Lipinski definition) is 1. The third-order valence-electron chi connectivity index (χ3n) is 4.11. The molecule has 0 atom stereocenters. The van der Waals surface area contributed by atoms with E-state index in [0.29, 0.717) is 22.9 Å². The van der Waals surface area contributed by atoms with E-state index in [9.17, 15) is 14.4 Å². The van der Waals surface area contributed by atoms with Gasteiger partial charge in [0.1, 0.15) is 5.75 Å². The van der Waals surface area contributed by atoms with Crippen molar-refractivity contribution in [1.82, 2.24) is 4.90 Å². The van der Waals surface area contributed by atoms with Gasteiger partial charge in [-0.15, -0.1) is 0 Å². The van der Waals surface area contributed by atoms with Crippen LogP contribution in [-0.4, -0.2) is 64.2 Å². The number of hydrogen-bond acceptors (Lipinski definition) is 7. The van der Waals surface area contributed by atoms with Gasteiger partial charge in [-0.3, -0.25) is 9.59 Å². The first-order valence-electron chi connectivity index (χ1n) is 8.95. The quantitative estimate of drug-likeness (QED) is 0.623. The molecule has 9 heteroatoms. The number of amides is 2. The third-order valence-corrected chi connectivity index (χ3v) is 4.11. The molecule has 0 unspecified atom stereocenters. The second-order valence-corrected chi connectivity index (χ2v) is 6.18. The molecule has 0 spiro atoms. The van der Waals surface area contributed by atoms with Gasteiger partial charge in [0.25, 0.3) is 5.91 Å². The van der Waals surface area contributed by atoms with Crippen molar-refractivity contribution >= 4 is 23.5 Å². The molecule has 160 valence electrons. The summed E-state index contributed by atoms with van der Waals surface area (Å²) in [6.07, 6.45) is 0. The summed E-state index contributed by atoms with van der Waals surface area (Å²) in [5, 5.41) is 2.67. The first-order valence-corrected chi connectivity index (χ1v) is 8.95. The summed E-state index contributed by atoms with van der Waals surface area (Å²) < 4.78 is 20.4. The zero-order valence-electron chi connectivity index (χ0n) is 17.3. The summed E-state index contributed by atoms with van der Waals surface area (Å²) in [6, 6.07) is 11.4. The second kappa shape index (κ2) is 10.7. The SMILES string of the molecule is COc1cccc(NC(=O)CN(C)C(=O)COC(=O)c2ccc(OC)c(OC)c2)c1. The number of anilines is 1. The van der Waals surface area contributed by atoms with Crippen molar-refractivity contribution in [3.05, 3.63) is 48.0 Å². The van der Waals surface area contributed by atoms with Gasteiger partial charge in [-0.05, 0) is 30.3 Å². The maximum Gasteiger partial charge on any atom is 0.338 e. The van der Waals surface area contributed by atoms with Gasteiger partial charge < -0.3 is 29.2 Å². The number of carbonyl (C=O) groups is 3. The molecule has 0 saturated carbocycles. The zero-order chi connectivity index (χ0) is 22.1. The van der Waals surface area contributed by atoms with E-state index in [1.54, 1.807) is 30.3 Å². The molecule has 0 aliphatic heterocycles. The fraction of sp³-hybridized carbons (Fsp3) is 0.286. The molecule has 2 aromatic carbocycles. The molecule has 30 heavy (non-hydrogen) atoms. The number of ether oxygens (including phenoxy) is 4. The largest absolute Gasteiger partial charge is 0.497 e. The van der Waals surface area contributed by atoms with Crippen molar-refractivity contribution in [2.24, 2.45) is 0 Å². The number of benzene rings is 2. The molecule has 0 saturated heterocycles. The lowest BCUT2D eigenvalue weighted by molar-refractivity contribution is -0.136. The van der Waals surface area contributed by atoms with E-state index in [-0.39, 0.29) is 12.1 Å². The Labute approximate surface area is 174 Å². The Hall–Kier alpha value is -3.75. The average molecular weight is 416 g/mol. The number of nitrogens with zero attached hydrogens (tertiary/aromatic N) is 1. The minimum absolute atomic E-state index is 0.204. The lowest BCUT2D eigenvalue weighted by atomic mass is 10.2. The summed E-state index contributed by atoms with van der Waals surface area (Å²) in [7, 11) is 5.89. The first-order chi connectivity index (χ1) is 14.4. The van der Waals surface area contributed by atoms with Gasteiger partial charge in [0.15, 0.2) is 18.1 Å². The standard InChI is InChI=1S/C21H24N2O7/c1-23(12-19(24)22-15-6-5-7-16(11-15)27-2)20(25)13-30-21(26)14-8-9-17(28-3)18(10-14)29-4/h5-11H,12-13H2,1-4H3,(H,22,24). The van der Waals surface area contributed by atoms with Gasteiger partial charge in [-0.25, -0.2) is 4.79 Å². The number of carbonyl (C=O) groups excluding carboxylic acids is 3. The molecule has 2 amide bonds. The Morgan fingerprint density at radius 1 is 0.933 bits per heavy atom. The molecule has 2 rings (SSSR count). The smallest absolute Gasteiger partial charge is 0.338 e. The highest BCUT2D eigenvalue weighted by atomic mass is 16.5. The van der Waals surface area contributed by atoms with Crippen molar-refractivity contribution in [1.29, 1.82) is 0 Å². The van der Waals surface area contributed by atoms with E-state index < -0.39 is 24.4 Å². The molecule has 1 N–H and O–H groups in total. The van der Waals surface area contributed by atoms with Crippen LogP contribution in [0.3, 0.4) is 0 Å². The highest BCUT2D eigenvalue weighted by Gasteiger charge is 2.17. The molecule has 9 nitrogen and oxygen atoms in total. The van der Waals surface area contributed by atoms with Crippen LogP contribution in [-0.2, 0) is 14.3 Å². The molecule has 2 aromatic rings. The van der Waals surface area contributed by atoms with Crippen LogP contribution in [0.15, 0.2) is 42.5 Å². The predicted octanol–water partition coefficient (Wildman–Crippen LogP) is 1.97. The van der Waals surface area contributed by atoms with Crippen LogP contribution >= 0.6 is 0 Å². The Morgan fingerprint density at radius 2 is 1.67 bits per heavy atom. The molecule has 0 fully saturated rings.